The van der Waals surface area contributed by atoms with E-state index in [1.165, 1.54) is 23.5 Å². The van der Waals surface area contributed by atoms with Crippen molar-refractivity contribution in [3.05, 3.63) is 46.5 Å². The molecular weight excluding hydrogens is 408 g/mol. The zero-order chi connectivity index (χ0) is 21.6. The Kier molecular flexibility index (Phi) is 7.33. The zero-order valence-corrected chi connectivity index (χ0v) is 19.1. The Balaban J connectivity index is 1.69. The summed E-state index contributed by atoms with van der Waals surface area (Å²) < 4.78 is 3.89. The van der Waals surface area contributed by atoms with Gasteiger partial charge in [0.15, 0.2) is 5.69 Å². The molecule has 1 N–H and O–H groups in total. The Hall–Kier alpha value is -2.28. The number of nitrogens with one attached hydrogen (secondary N) is 1. The third-order valence-corrected chi connectivity index (χ3v) is 7.22. The van der Waals surface area contributed by atoms with E-state index in [1.807, 2.05) is 17.0 Å². The molecule has 2 amide bonds. The lowest BCUT2D eigenvalue weighted by Crippen LogP contribution is -2.50. The van der Waals surface area contributed by atoms with E-state index < -0.39 is 6.04 Å². The van der Waals surface area contributed by atoms with Gasteiger partial charge in [0.2, 0.25) is 5.91 Å². The summed E-state index contributed by atoms with van der Waals surface area (Å²) >= 11 is 1.17. The number of amides is 2. The third kappa shape index (κ3) is 5.14. The molecule has 1 aromatic heterocycles. The first-order valence-corrected chi connectivity index (χ1v) is 12.5. The van der Waals surface area contributed by atoms with Crippen molar-refractivity contribution in [2.24, 2.45) is 0 Å². The highest BCUT2D eigenvalue weighted by Gasteiger charge is 2.39. The Morgan fingerprint density at radius 2 is 1.74 bits per heavy atom. The minimum atomic E-state index is -0.648. The van der Waals surface area contributed by atoms with E-state index in [2.05, 4.69) is 34.0 Å². The van der Waals surface area contributed by atoms with E-state index in [1.54, 1.807) is 5.38 Å². The second kappa shape index (κ2) is 10.4. The van der Waals surface area contributed by atoms with Gasteiger partial charge in [-0.15, -0.1) is 5.10 Å². The van der Waals surface area contributed by atoms with Crippen molar-refractivity contribution in [2.45, 2.75) is 89.3 Å². The third-order valence-electron chi connectivity index (χ3n) is 6.71. The fourth-order valence-electron chi connectivity index (χ4n) is 4.97. The van der Waals surface area contributed by atoms with E-state index in [4.69, 9.17) is 0 Å². The van der Waals surface area contributed by atoms with E-state index in [0.29, 0.717) is 5.69 Å². The van der Waals surface area contributed by atoms with Crippen molar-refractivity contribution in [2.75, 3.05) is 0 Å². The van der Waals surface area contributed by atoms with Crippen molar-refractivity contribution in [1.29, 1.82) is 0 Å². The lowest BCUT2D eigenvalue weighted by Gasteiger charge is -2.37. The van der Waals surface area contributed by atoms with E-state index >= 15 is 0 Å². The molecule has 0 spiro atoms. The van der Waals surface area contributed by atoms with Crippen molar-refractivity contribution in [1.82, 2.24) is 19.8 Å². The van der Waals surface area contributed by atoms with Gasteiger partial charge in [0.05, 0.1) is 0 Å². The lowest BCUT2D eigenvalue weighted by molar-refractivity contribution is -0.127. The predicted octanol–water partition coefficient (Wildman–Crippen LogP) is 4.68. The van der Waals surface area contributed by atoms with Crippen LogP contribution in [-0.4, -0.2) is 38.4 Å². The van der Waals surface area contributed by atoms with Gasteiger partial charge in [-0.05, 0) is 54.8 Å². The van der Waals surface area contributed by atoms with Crippen LogP contribution in [0.15, 0.2) is 29.6 Å². The monoisotopic (exact) mass is 440 g/mol. The fraction of sp³-hybridized carbons (Fsp3) is 0.583. The van der Waals surface area contributed by atoms with E-state index in [0.717, 1.165) is 63.4 Å². The Labute approximate surface area is 188 Å². The number of nitrogens with zero attached hydrogens (tertiary/aromatic N) is 3. The van der Waals surface area contributed by atoms with Crippen LogP contribution >= 0.6 is 11.5 Å². The normalized spacial score (nSPS) is 18.6. The first-order valence-electron chi connectivity index (χ1n) is 11.7. The number of carbonyl (C=O) groups is 2. The van der Waals surface area contributed by atoms with Crippen molar-refractivity contribution < 1.29 is 9.59 Å². The highest BCUT2D eigenvalue weighted by atomic mass is 32.1. The Morgan fingerprint density at radius 1 is 1.06 bits per heavy atom. The molecule has 2 aromatic rings. The van der Waals surface area contributed by atoms with Crippen LogP contribution in [0.1, 0.15) is 92.4 Å². The van der Waals surface area contributed by atoms with Crippen molar-refractivity contribution in [3.63, 3.8) is 0 Å². The quantitative estimate of drug-likeness (QED) is 0.679. The molecule has 1 heterocycles. The van der Waals surface area contributed by atoms with Gasteiger partial charge in [0, 0.05) is 17.5 Å². The highest BCUT2D eigenvalue weighted by Crippen LogP contribution is 2.33. The first-order chi connectivity index (χ1) is 15.2. The number of rotatable bonds is 7. The van der Waals surface area contributed by atoms with Gasteiger partial charge >= 0.3 is 0 Å². The summed E-state index contributed by atoms with van der Waals surface area (Å²) in [5.74, 6) is -0.261. The van der Waals surface area contributed by atoms with Gasteiger partial charge in [-0.2, -0.15) is 0 Å². The van der Waals surface area contributed by atoms with E-state index in [9.17, 15) is 9.59 Å². The second-order valence-corrected chi connectivity index (χ2v) is 9.39. The maximum Gasteiger partial charge on any atom is 0.276 e. The molecule has 0 aliphatic heterocycles. The molecule has 7 heteroatoms. The number of aromatic nitrogens is 2. The van der Waals surface area contributed by atoms with E-state index in [-0.39, 0.29) is 23.9 Å². The standard InChI is InChI=1S/C24H32N4O2S/c1-2-17-12-14-18(15-13-17)22(23(29)25-19-8-4-3-5-9-19)28(20-10-6-7-11-20)24(30)21-16-31-27-26-21/h12-16,19-20,22H,2-11H2,1H3,(H,25,29)/t22-/m1/s1. The molecule has 0 radical (unpaired) electrons. The molecule has 1 aromatic carbocycles. The molecule has 2 fully saturated rings. The van der Waals surface area contributed by atoms with Crippen LogP contribution in [0.25, 0.3) is 0 Å². The summed E-state index contributed by atoms with van der Waals surface area (Å²) in [4.78, 5) is 29.1. The maximum atomic E-state index is 13.7. The highest BCUT2D eigenvalue weighted by molar-refractivity contribution is 7.03. The van der Waals surface area contributed by atoms with Crippen LogP contribution in [0, 0.1) is 0 Å². The molecule has 6 nitrogen and oxygen atoms in total. The van der Waals surface area contributed by atoms with Crippen molar-refractivity contribution in [3.8, 4) is 0 Å². The summed E-state index contributed by atoms with van der Waals surface area (Å²) in [5.41, 5.74) is 2.42. The van der Waals surface area contributed by atoms with Gasteiger partial charge in [-0.3, -0.25) is 9.59 Å². The van der Waals surface area contributed by atoms with Crippen LogP contribution < -0.4 is 5.32 Å². The molecule has 0 bridgehead atoms. The van der Waals surface area contributed by atoms with Gasteiger partial charge in [-0.25, -0.2) is 0 Å². The second-order valence-electron chi connectivity index (χ2n) is 8.78. The molecule has 2 aliphatic carbocycles. The van der Waals surface area contributed by atoms with Gasteiger partial charge < -0.3 is 10.2 Å². The Morgan fingerprint density at radius 3 is 2.35 bits per heavy atom. The largest absolute Gasteiger partial charge is 0.351 e. The van der Waals surface area contributed by atoms with Gasteiger partial charge in [-0.1, -0.05) is 67.8 Å². The lowest BCUT2D eigenvalue weighted by atomic mass is 9.94. The summed E-state index contributed by atoms with van der Waals surface area (Å²) in [5, 5.41) is 9.00. The molecule has 0 unspecified atom stereocenters. The molecular formula is C24H32N4O2S. The molecule has 2 saturated carbocycles. The predicted molar refractivity (Wildman–Crippen MR) is 122 cm³/mol. The van der Waals surface area contributed by atoms with Crippen molar-refractivity contribution >= 4 is 23.3 Å². The molecule has 4 rings (SSSR count). The van der Waals surface area contributed by atoms with Crippen LogP contribution in [0.4, 0.5) is 0 Å². The average molecular weight is 441 g/mol. The minimum absolute atomic E-state index is 0.0437. The number of hydrogen-bond acceptors (Lipinski definition) is 5. The molecule has 31 heavy (non-hydrogen) atoms. The molecule has 1 atom stereocenters. The zero-order valence-electron chi connectivity index (χ0n) is 18.3. The SMILES string of the molecule is CCc1ccc([C@H](C(=O)NC2CCCCC2)N(C(=O)c2csnn2)C2CCCC2)cc1. The molecule has 0 saturated heterocycles. The van der Waals surface area contributed by atoms with Crippen LogP contribution in [0.3, 0.4) is 0 Å². The average Bonchev–Trinajstić information content (AvgIpc) is 3.52. The Bertz CT molecular complexity index is 856. The number of hydrogen-bond donors (Lipinski definition) is 1. The number of carbonyl (C=O) groups excluding carboxylic acids is 2. The number of aryl methyl sites for hydroxylation is 1. The molecule has 166 valence electrons. The summed E-state index contributed by atoms with van der Waals surface area (Å²) in [6.45, 7) is 2.12. The number of benzene rings is 1. The van der Waals surface area contributed by atoms with Crippen LogP contribution in [0.2, 0.25) is 0 Å². The van der Waals surface area contributed by atoms with Crippen LogP contribution in [-0.2, 0) is 11.2 Å². The van der Waals surface area contributed by atoms with Crippen LogP contribution in [0.5, 0.6) is 0 Å². The smallest absolute Gasteiger partial charge is 0.276 e. The van der Waals surface area contributed by atoms with Gasteiger partial charge in [0.1, 0.15) is 6.04 Å². The topological polar surface area (TPSA) is 75.2 Å². The van der Waals surface area contributed by atoms with Gasteiger partial charge in [0.25, 0.3) is 5.91 Å². The summed E-state index contributed by atoms with van der Waals surface area (Å²) in [6.07, 6.45) is 10.5. The molecule has 2 aliphatic rings. The minimum Gasteiger partial charge on any atom is -0.351 e. The maximum absolute atomic E-state index is 13.7. The first kappa shape index (κ1) is 21.9. The fourth-order valence-corrected chi connectivity index (χ4v) is 5.40. The summed E-state index contributed by atoms with van der Waals surface area (Å²) in [6, 6.07) is 7.75. The summed E-state index contributed by atoms with van der Waals surface area (Å²) in [7, 11) is 0.